The fourth-order valence-corrected chi connectivity index (χ4v) is 4.34. The first-order chi connectivity index (χ1) is 14.5. The van der Waals surface area contributed by atoms with Crippen molar-refractivity contribution in [1.29, 1.82) is 0 Å². The van der Waals surface area contributed by atoms with Crippen LogP contribution in [0.1, 0.15) is 19.4 Å². The molecule has 0 amide bonds. The van der Waals surface area contributed by atoms with Gasteiger partial charge >= 0.3 is 0 Å². The van der Waals surface area contributed by atoms with E-state index in [1.54, 1.807) is 32.7 Å². The molecule has 1 aromatic heterocycles. The van der Waals surface area contributed by atoms with Crippen molar-refractivity contribution in [3.05, 3.63) is 55.7 Å². The second-order valence-corrected chi connectivity index (χ2v) is 8.62. The van der Waals surface area contributed by atoms with E-state index in [9.17, 15) is 0 Å². The highest BCUT2D eigenvalue weighted by Crippen LogP contribution is 2.41. The van der Waals surface area contributed by atoms with Crippen LogP contribution >= 0.6 is 33.9 Å². The zero-order valence-electron chi connectivity index (χ0n) is 17.5. The maximum Gasteiger partial charge on any atom is 0.206 e. The molecular formula is C22H24IN3O3S. The predicted octanol–water partition coefficient (Wildman–Crippen LogP) is 5.04. The number of thiazole rings is 1. The van der Waals surface area contributed by atoms with E-state index in [0.717, 1.165) is 25.2 Å². The number of benzene rings is 2. The molecule has 0 saturated heterocycles. The summed E-state index contributed by atoms with van der Waals surface area (Å²) in [5.41, 5.74) is 2.83. The topological polar surface area (TPSA) is 57.3 Å². The van der Waals surface area contributed by atoms with Gasteiger partial charge in [-0.2, -0.15) is 5.10 Å². The van der Waals surface area contributed by atoms with Crippen LogP contribution in [0.3, 0.4) is 0 Å². The number of aromatic nitrogens is 1. The summed E-state index contributed by atoms with van der Waals surface area (Å²) in [6, 6.07) is 12.1. The van der Waals surface area contributed by atoms with Gasteiger partial charge in [-0.25, -0.2) is 4.68 Å². The molecule has 6 nitrogen and oxygen atoms in total. The lowest BCUT2D eigenvalue weighted by atomic mass is 10.1. The Morgan fingerprint density at radius 1 is 1.03 bits per heavy atom. The first-order valence-corrected chi connectivity index (χ1v) is 11.3. The van der Waals surface area contributed by atoms with Crippen LogP contribution in [-0.2, 0) is 0 Å². The third-order valence-corrected chi connectivity index (χ3v) is 6.04. The van der Waals surface area contributed by atoms with Crippen LogP contribution in [0.5, 0.6) is 17.2 Å². The van der Waals surface area contributed by atoms with Crippen LogP contribution in [0, 0.1) is 3.57 Å². The Bertz CT molecular complexity index is 1090. The molecule has 1 heterocycles. The quantitative estimate of drug-likeness (QED) is 0.314. The summed E-state index contributed by atoms with van der Waals surface area (Å²) in [5.74, 6) is 1.74. The van der Waals surface area contributed by atoms with Gasteiger partial charge in [0.2, 0.25) is 10.6 Å². The molecule has 0 atom stereocenters. The molecule has 0 N–H and O–H groups in total. The standard InChI is InChI=1S/C22H24IN3O3S/c1-14(2)25-22-26(24-12-15-8-6-7-9-17(15)23)18(13-30-22)16-10-19(27-3)21(29-5)20(11-16)28-4/h6-14H,1-5H3. The average molecular weight is 537 g/mol. The Kier molecular flexibility index (Phi) is 7.54. The molecule has 0 bridgehead atoms. The highest BCUT2D eigenvalue weighted by molar-refractivity contribution is 14.1. The van der Waals surface area contributed by atoms with Gasteiger partial charge in [-0.15, -0.1) is 11.3 Å². The van der Waals surface area contributed by atoms with Gasteiger partial charge in [-0.3, -0.25) is 4.99 Å². The van der Waals surface area contributed by atoms with E-state index in [1.807, 2.05) is 60.5 Å². The van der Waals surface area contributed by atoms with Gasteiger partial charge in [0.1, 0.15) is 0 Å². The molecule has 0 spiro atoms. The SMILES string of the molecule is COc1cc(-c2csc(=NC(C)C)n2N=Cc2ccccc2I)cc(OC)c1OC. The second-order valence-electron chi connectivity index (χ2n) is 6.62. The van der Waals surface area contributed by atoms with Gasteiger partial charge in [0.25, 0.3) is 0 Å². The van der Waals surface area contributed by atoms with E-state index < -0.39 is 0 Å². The maximum absolute atomic E-state index is 5.52. The Morgan fingerprint density at radius 2 is 1.70 bits per heavy atom. The molecule has 0 unspecified atom stereocenters. The van der Waals surface area contributed by atoms with Crippen molar-refractivity contribution in [2.45, 2.75) is 19.9 Å². The predicted molar refractivity (Wildman–Crippen MR) is 130 cm³/mol. The first kappa shape index (κ1) is 22.4. The van der Waals surface area contributed by atoms with E-state index in [4.69, 9.17) is 24.3 Å². The van der Waals surface area contributed by atoms with Crippen molar-refractivity contribution >= 4 is 40.1 Å². The normalized spacial score (nSPS) is 12.0. The zero-order chi connectivity index (χ0) is 21.7. The van der Waals surface area contributed by atoms with Gasteiger partial charge in [0.15, 0.2) is 11.5 Å². The van der Waals surface area contributed by atoms with Gasteiger partial charge in [0, 0.05) is 26.1 Å². The minimum atomic E-state index is 0.148. The average Bonchev–Trinajstić information content (AvgIpc) is 3.13. The van der Waals surface area contributed by atoms with E-state index in [1.165, 1.54) is 0 Å². The number of ether oxygens (including phenoxy) is 3. The van der Waals surface area contributed by atoms with E-state index in [2.05, 4.69) is 28.7 Å². The minimum Gasteiger partial charge on any atom is -0.493 e. The van der Waals surface area contributed by atoms with E-state index >= 15 is 0 Å². The van der Waals surface area contributed by atoms with Crippen LogP contribution < -0.4 is 19.0 Å². The summed E-state index contributed by atoms with van der Waals surface area (Å²) in [6.45, 7) is 4.10. The lowest BCUT2D eigenvalue weighted by molar-refractivity contribution is 0.324. The molecular weight excluding hydrogens is 513 g/mol. The summed E-state index contributed by atoms with van der Waals surface area (Å²) < 4.78 is 19.5. The molecule has 30 heavy (non-hydrogen) atoms. The number of halogens is 1. The molecule has 0 saturated carbocycles. The monoisotopic (exact) mass is 537 g/mol. The summed E-state index contributed by atoms with van der Waals surface area (Å²) >= 11 is 3.85. The van der Waals surface area contributed by atoms with Crippen LogP contribution in [0.15, 0.2) is 51.9 Å². The Labute approximate surface area is 194 Å². The number of hydrogen-bond donors (Lipinski definition) is 0. The molecule has 3 rings (SSSR count). The number of hydrogen-bond acceptors (Lipinski definition) is 6. The van der Waals surface area contributed by atoms with Crippen LogP contribution in [-0.4, -0.2) is 38.3 Å². The van der Waals surface area contributed by atoms with Crippen LogP contribution in [0.25, 0.3) is 11.3 Å². The van der Waals surface area contributed by atoms with Crippen molar-refractivity contribution in [1.82, 2.24) is 4.68 Å². The molecule has 0 radical (unpaired) electrons. The Hall–Kier alpha value is -2.33. The van der Waals surface area contributed by atoms with Crippen molar-refractivity contribution in [3.8, 4) is 28.5 Å². The number of rotatable bonds is 7. The molecule has 3 aromatic rings. The Balaban J connectivity index is 2.19. The molecule has 0 fully saturated rings. The second kappa shape index (κ2) is 10.1. The lowest BCUT2D eigenvalue weighted by Gasteiger charge is -2.14. The van der Waals surface area contributed by atoms with Crippen molar-refractivity contribution in [3.63, 3.8) is 0 Å². The minimum absolute atomic E-state index is 0.148. The largest absolute Gasteiger partial charge is 0.493 e. The third-order valence-electron chi connectivity index (χ3n) is 4.23. The van der Waals surface area contributed by atoms with Crippen molar-refractivity contribution in [2.24, 2.45) is 10.1 Å². The summed E-state index contributed by atoms with van der Waals surface area (Å²) in [7, 11) is 4.81. The third kappa shape index (κ3) is 4.86. The van der Waals surface area contributed by atoms with Gasteiger partial charge in [0.05, 0.1) is 33.2 Å². The van der Waals surface area contributed by atoms with Crippen molar-refractivity contribution < 1.29 is 14.2 Å². The smallest absolute Gasteiger partial charge is 0.206 e. The summed E-state index contributed by atoms with van der Waals surface area (Å²) in [6.07, 6.45) is 1.86. The van der Waals surface area contributed by atoms with Gasteiger partial charge < -0.3 is 14.2 Å². The molecule has 0 aliphatic heterocycles. The number of methoxy groups -OCH3 is 3. The zero-order valence-corrected chi connectivity index (χ0v) is 20.5. The first-order valence-electron chi connectivity index (χ1n) is 9.32. The molecule has 158 valence electrons. The number of nitrogens with zero attached hydrogens (tertiary/aromatic N) is 3. The highest BCUT2D eigenvalue weighted by Gasteiger charge is 2.17. The van der Waals surface area contributed by atoms with E-state index in [-0.39, 0.29) is 6.04 Å². The lowest BCUT2D eigenvalue weighted by Crippen LogP contribution is -2.14. The molecule has 0 aliphatic carbocycles. The van der Waals surface area contributed by atoms with E-state index in [0.29, 0.717) is 17.2 Å². The van der Waals surface area contributed by atoms with Crippen LogP contribution in [0.2, 0.25) is 0 Å². The molecule has 2 aromatic carbocycles. The van der Waals surface area contributed by atoms with Gasteiger partial charge in [-0.05, 0) is 54.6 Å². The highest BCUT2D eigenvalue weighted by atomic mass is 127. The van der Waals surface area contributed by atoms with Crippen molar-refractivity contribution in [2.75, 3.05) is 21.3 Å². The summed E-state index contributed by atoms with van der Waals surface area (Å²) in [4.78, 5) is 5.55. The van der Waals surface area contributed by atoms with Gasteiger partial charge in [-0.1, -0.05) is 18.2 Å². The fraction of sp³-hybridized carbons (Fsp3) is 0.273. The molecule has 0 aliphatic rings. The Morgan fingerprint density at radius 3 is 2.27 bits per heavy atom. The fourth-order valence-electron chi connectivity index (χ4n) is 2.85. The summed E-state index contributed by atoms with van der Waals surface area (Å²) in [5, 5.41) is 6.81. The maximum atomic E-state index is 5.52. The molecule has 8 heteroatoms. The van der Waals surface area contributed by atoms with Crippen LogP contribution in [0.4, 0.5) is 0 Å².